The third kappa shape index (κ3) is 4.07. The van der Waals surface area contributed by atoms with Crippen LogP contribution in [0.1, 0.15) is 26.2 Å². The molecule has 0 aromatic heterocycles. The number of carbonyl (C=O) groups is 2. The van der Waals surface area contributed by atoms with E-state index in [4.69, 9.17) is 14.6 Å². The quantitative estimate of drug-likeness (QED) is 0.797. The summed E-state index contributed by atoms with van der Waals surface area (Å²) < 4.78 is 10.8. The van der Waals surface area contributed by atoms with Gasteiger partial charge >= 0.3 is 12.0 Å². The van der Waals surface area contributed by atoms with E-state index in [1.165, 1.54) is 0 Å². The fraction of sp³-hybridized carbons (Fsp3) is 0.857. The first kappa shape index (κ1) is 16.0. The van der Waals surface area contributed by atoms with Gasteiger partial charge in [0.15, 0.2) is 6.10 Å². The van der Waals surface area contributed by atoms with Crippen molar-refractivity contribution in [1.29, 1.82) is 0 Å². The molecule has 0 spiro atoms. The Morgan fingerprint density at radius 2 is 2.14 bits per heavy atom. The summed E-state index contributed by atoms with van der Waals surface area (Å²) >= 11 is 0. The Balaban J connectivity index is 1.74. The number of ether oxygens (including phenoxy) is 2. The van der Waals surface area contributed by atoms with Crippen LogP contribution in [0, 0.1) is 5.92 Å². The van der Waals surface area contributed by atoms with Gasteiger partial charge in [-0.05, 0) is 25.2 Å². The minimum absolute atomic E-state index is 0.0728. The smallest absolute Gasteiger partial charge is 0.332 e. The highest BCUT2D eigenvalue weighted by atomic mass is 16.5. The van der Waals surface area contributed by atoms with Crippen LogP contribution >= 0.6 is 0 Å². The highest BCUT2D eigenvalue weighted by molar-refractivity contribution is 5.74. The minimum Gasteiger partial charge on any atom is -0.479 e. The maximum absolute atomic E-state index is 12.1. The number of methoxy groups -OCH3 is 1. The molecular weight excluding hydrogens is 276 g/mol. The average molecular weight is 300 g/mol. The van der Waals surface area contributed by atoms with Gasteiger partial charge in [0.05, 0.1) is 12.2 Å². The molecule has 0 aliphatic carbocycles. The molecule has 120 valence electrons. The van der Waals surface area contributed by atoms with Crippen LogP contribution in [0.2, 0.25) is 0 Å². The van der Waals surface area contributed by atoms with Crippen LogP contribution in [0.25, 0.3) is 0 Å². The summed E-state index contributed by atoms with van der Waals surface area (Å²) in [6, 6.07) is -0.133. The van der Waals surface area contributed by atoms with E-state index in [9.17, 15) is 9.59 Å². The maximum atomic E-state index is 12.1. The zero-order valence-electron chi connectivity index (χ0n) is 12.6. The first-order valence-electron chi connectivity index (χ1n) is 7.45. The lowest BCUT2D eigenvalue weighted by atomic mass is 9.96. The van der Waals surface area contributed by atoms with Gasteiger partial charge in [0, 0.05) is 26.7 Å². The third-order valence-electron chi connectivity index (χ3n) is 4.34. The lowest BCUT2D eigenvalue weighted by molar-refractivity contribution is -0.149. The minimum atomic E-state index is -0.934. The van der Waals surface area contributed by atoms with E-state index in [1.54, 1.807) is 12.0 Å². The van der Waals surface area contributed by atoms with E-state index < -0.39 is 12.1 Å². The van der Waals surface area contributed by atoms with Crippen molar-refractivity contribution in [1.82, 2.24) is 10.2 Å². The molecule has 2 fully saturated rings. The second-order valence-electron chi connectivity index (χ2n) is 5.83. The number of amides is 2. The fourth-order valence-corrected chi connectivity index (χ4v) is 2.88. The molecule has 2 N–H and O–H groups in total. The summed E-state index contributed by atoms with van der Waals surface area (Å²) in [5, 5.41) is 11.7. The summed E-state index contributed by atoms with van der Waals surface area (Å²) in [5.74, 6) is -0.481. The zero-order chi connectivity index (χ0) is 15.4. The highest BCUT2D eigenvalue weighted by Gasteiger charge is 2.32. The monoisotopic (exact) mass is 300 g/mol. The molecule has 2 rings (SSSR count). The largest absolute Gasteiger partial charge is 0.479 e. The van der Waals surface area contributed by atoms with Gasteiger partial charge in [-0.25, -0.2) is 9.59 Å². The molecule has 0 bridgehead atoms. The van der Waals surface area contributed by atoms with Crippen LogP contribution in [0.15, 0.2) is 0 Å². The molecule has 2 aliphatic rings. The van der Waals surface area contributed by atoms with Crippen LogP contribution in [-0.2, 0) is 14.3 Å². The molecule has 4 unspecified atom stereocenters. The number of rotatable bonds is 4. The normalized spacial score (nSPS) is 33.0. The lowest BCUT2D eigenvalue weighted by Crippen LogP contribution is -2.51. The van der Waals surface area contributed by atoms with Gasteiger partial charge < -0.3 is 24.8 Å². The molecule has 4 atom stereocenters. The van der Waals surface area contributed by atoms with Gasteiger partial charge in [-0.1, -0.05) is 6.92 Å². The van der Waals surface area contributed by atoms with Crippen molar-refractivity contribution in [3.8, 4) is 0 Å². The molecule has 0 aromatic rings. The van der Waals surface area contributed by atoms with Gasteiger partial charge in [0.1, 0.15) is 0 Å². The molecule has 0 radical (unpaired) electrons. The Bertz CT molecular complexity index is 390. The Morgan fingerprint density at radius 3 is 2.76 bits per heavy atom. The Labute approximate surface area is 124 Å². The van der Waals surface area contributed by atoms with Crippen molar-refractivity contribution >= 4 is 12.0 Å². The fourth-order valence-electron chi connectivity index (χ4n) is 2.88. The van der Waals surface area contributed by atoms with Gasteiger partial charge in [0.25, 0.3) is 0 Å². The number of carboxylic acid groups (broad SMARTS) is 1. The first-order valence-corrected chi connectivity index (χ1v) is 7.45. The van der Waals surface area contributed by atoms with E-state index in [0.717, 1.165) is 13.0 Å². The molecular formula is C14H24N2O5. The number of likely N-dealkylation sites (tertiary alicyclic amines) is 1. The van der Waals surface area contributed by atoms with Crippen molar-refractivity contribution in [3.63, 3.8) is 0 Å². The number of hydrogen-bond acceptors (Lipinski definition) is 4. The van der Waals surface area contributed by atoms with Gasteiger partial charge in [-0.2, -0.15) is 0 Å². The average Bonchev–Trinajstić information content (AvgIpc) is 2.94. The van der Waals surface area contributed by atoms with Crippen LogP contribution in [0.3, 0.4) is 0 Å². The van der Waals surface area contributed by atoms with Crippen LogP contribution in [0.5, 0.6) is 0 Å². The molecule has 2 saturated heterocycles. The summed E-state index contributed by atoms with van der Waals surface area (Å²) in [7, 11) is 1.67. The molecule has 0 aromatic carbocycles. The van der Waals surface area contributed by atoms with E-state index >= 15 is 0 Å². The second kappa shape index (κ2) is 7.09. The van der Waals surface area contributed by atoms with Crippen molar-refractivity contribution in [2.45, 2.75) is 44.5 Å². The lowest BCUT2D eigenvalue weighted by Gasteiger charge is -2.36. The maximum Gasteiger partial charge on any atom is 0.332 e. The zero-order valence-corrected chi connectivity index (χ0v) is 12.6. The number of carboxylic acids is 1. The van der Waals surface area contributed by atoms with Gasteiger partial charge in [-0.3, -0.25) is 0 Å². The SMILES string of the molecule is COC1CN(C(=O)NCC2CCC(C(=O)O)O2)CCC1C. The third-order valence-corrected chi connectivity index (χ3v) is 4.34. The Hall–Kier alpha value is -1.34. The molecule has 21 heavy (non-hydrogen) atoms. The molecule has 2 amide bonds. The van der Waals surface area contributed by atoms with E-state index in [1.807, 2.05) is 0 Å². The van der Waals surface area contributed by atoms with Crippen molar-refractivity contribution in [3.05, 3.63) is 0 Å². The molecule has 7 heteroatoms. The van der Waals surface area contributed by atoms with Gasteiger partial charge in [0.2, 0.25) is 0 Å². The summed E-state index contributed by atoms with van der Waals surface area (Å²) in [4.78, 5) is 24.7. The van der Waals surface area contributed by atoms with Crippen molar-refractivity contribution in [2.75, 3.05) is 26.7 Å². The Morgan fingerprint density at radius 1 is 1.38 bits per heavy atom. The van der Waals surface area contributed by atoms with E-state index in [2.05, 4.69) is 12.2 Å². The predicted octanol–water partition coefficient (Wildman–Crippen LogP) is 0.685. The van der Waals surface area contributed by atoms with Crippen LogP contribution < -0.4 is 5.32 Å². The summed E-state index contributed by atoms with van der Waals surface area (Å²) in [6.07, 6.45) is 1.21. The van der Waals surface area contributed by atoms with Crippen molar-refractivity contribution < 1.29 is 24.2 Å². The topological polar surface area (TPSA) is 88.1 Å². The Kier molecular flexibility index (Phi) is 5.41. The van der Waals surface area contributed by atoms with Crippen LogP contribution in [-0.4, -0.2) is 67.1 Å². The van der Waals surface area contributed by atoms with Crippen LogP contribution in [0.4, 0.5) is 4.79 Å². The number of aliphatic carboxylic acids is 1. The molecule has 0 saturated carbocycles. The predicted molar refractivity (Wildman–Crippen MR) is 75.1 cm³/mol. The van der Waals surface area contributed by atoms with Crippen molar-refractivity contribution in [2.24, 2.45) is 5.92 Å². The summed E-state index contributed by atoms with van der Waals surface area (Å²) in [6.45, 7) is 3.79. The van der Waals surface area contributed by atoms with Gasteiger partial charge in [-0.15, -0.1) is 0 Å². The number of hydrogen-bond donors (Lipinski definition) is 2. The molecule has 2 aliphatic heterocycles. The number of nitrogens with one attached hydrogen (secondary N) is 1. The highest BCUT2D eigenvalue weighted by Crippen LogP contribution is 2.21. The first-order chi connectivity index (χ1) is 10.0. The second-order valence-corrected chi connectivity index (χ2v) is 5.83. The standard InChI is InChI=1S/C14H24N2O5/c1-9-5-6-16(8-12(9)20-2)14(19)15-7-10-3-4-11(21-10)13(17)18/h9-12H,3-8H2,1-2H3,(H,15,19)(H,17,18). The number of carbonyl (C=O) groups excluding carboxylic acids is 1. The number of piperidine rings is 1. The molecule has 7 nitrogen and oxygen atoms in total. The molecule has 2 heterocycles. The van der Waals surface area contributed by atoms with E-state index in [0.29, 0.717) is 31.8 Å². The number of nitrogens with zero attached hydrogens (tertiary/aromatic N) is 1. The summed E-state index contributed by atoms with van der Waals surface area (Å²) in [5.41, 5.74) is 0. The van der Waals surface area contributed by atoms with E-state index in [-0.39, 0.29) is 18.2 Å². The number of urea groups is 1.